The van der Waals surface area contributed by atoms with Crippen LogP contribution in [0.5, 0.6) is 0 Å². The smallest absolute Gasteiger partial charge is 0.0582 e. The summed E-state index contributed by atoms with van der Waals surface area (Å²) in [6.07, 6.45) is 6.32. The van der Waals surface area contributed by atoms with Gasteiger partial charge in [-0.05, 0) is 43.9 Å². The van der Waals surface area contributed by atoms with Gasteiger partial charge in [0.1, 0.15) is 0 Å². The molecule has 2 heterocycles. The highest BCUT2D eigenvalue weighted by Crippen LogP contribution is 2.21. The van der Waals surface area contributed by atoms with Gasteiger partial charge >= 0.3 is 0 Å². The molecule has 3 heteroatoms. The van der Waals surface area contributed by atoms with Crippen LogP contribution in [0.4, 0.5) is 5.69 Å². The van der Waals surface area contributed by atoms with Crippen molar-refractivity contribution >= 4 is 5.69 Å². The van der Waals surface area contributed by atoms with E-state index in [4.69, 9.17) is 0 Å². The predicted octanol–water partition coefficient (Wildman–Crippen LogP) is 2.60. The lowest BCUT2D eigenvalue weighted by molar-refractivity contribution is 0.387. The quantitative estimate of drug-likeness (QED) is 0.870. The van der Waals surface area contributed by atoms with Crippen molar-refractivity contribution < 1.29 is 0 Å². The number of aromatic nitrogens is 1. The molecule has 1 aromatic rings. The van der Waals surface area contributed by atoms with E-state index in [0.717, 1.165) is 19.6 Å². The highest BCUT2D eigenvalue weighted by molar-refractivity contribution is 5.51. The molecule has 2 rings (SSSR count). The summed E-state index contributed by atoms with van der Waals surface area (Å²) in [4.78, 5) is 6.79. The van der Waals surface area contributed by atoms with Crippen molar-refractivity contribution in [1.29, 1.82) is 0 Å². The van der Waals surface area contributed by atoms with Crippen LogP contribution >= 0.6 is 0 Å². The predicted molar refractivity (Wildman–Crippen MR) is 77.0 cm³/mol. The Bertz CT molecular complexity index is 378. The second kappa shape index (κ2) is 6.19. The van der Waals surface area contributed by atoms with Gasteiger partial charge in [0.05, 0.1) is 11.9 Å². The van der Waals surface area contributed by atoms with E-state index in [0.29, 0.717) is 12.0 Å². The van der Waals surface area contributed by atoms with E-state index in [1.165, 1.54) is 24.1 Å². The Kier molecular flexibility index (Phi) is 4.59. The van der Waals surface area contributed by atoms with Crippen LogP contribution in [0, 0.1) is 12.8 Å². The minimum Gasteiger partial charge on any atom is -0.370 e. The SMILES string of the molecule is CCC1CCN(c2cnccc2C)CC(C)CN1. The Morgan fingerprint density at radius 1 is 1.50 bits per heavy atom. The Morgan fingerprint density at radius 3 is 3.06 bits per heavy atom. The number of hydrogen-bond acceptors (Lipinski definition) is 3. The van der Waals surface area contributed by atoms with E-state index in [2.05, 4.69) is 42.0 Å². The summed E-state index contributed by atoms with van der Waals surface area (Å²) in [5.74, 6) is 0.680. The van der Waals surface area contributed by atoms with Gasteiger partial charge in [0.25, 0.3) is 0 Å². The molecule has 1 N–H and O–H groups in total. The molecule has 1 saturated heterocycles. The zero-order chi connectivity index (χ0) is 13.0. The average molecular weight is 247 g/mol. The Balaban J connectivity index is 2.13. The molecular formula is C15H25N3. The van der Waals surface area contributed by atoms with Gasteiger partial charge < -0.3 is 10.2 Å². The fourth-order valence-electron chi connectivity index (χ4n) is 2.67. The first-order chi connectivity index (χ1) is 8.70. The van der Waals surface area contributed by atoms with Crippen LogP contribution in [-0.2, 0) is 0 Å². The van der Waals surface area contributed by atoms with Crippen molar-refractivity contribution in [1.82, 2.24) is 10.3 Å². The average Bonchev–Trinajstić information content (AvgIpc) is 2.35. The first-order valence-electron chi connectivity index (χ1n) is 7.09. The number of rotatable bonds is 2. The molecule has 18 heavy (non-hydrogen) atoms. The van der Waals surface area contributed by atoms with E-state index in [9.17, 15) is 0 Å². The number of nitrogens with one attached hydrogen (secondary N) is 1. The van der Waals surface area contributed by atoms with Gasteiger partial charge in [-0.3, -0.25) is 4.98 Å². The molecule has 1 aliphatic rings. The van der Waals surface area contributed by atoms with Crippen LogP contribution in [0.3, 0.4) is 0 Å². The van der Waals surface area contributed by atoms with Crippen LogP contribution in [0.25, 0.3) is 0 Å². The Hall–Kier alpha value is -1.09. The number of anilines is 1. The van der Waals surface area contributed by atoms with Crippen LogP contribution < -0.4 is 10.2 Å². The molecule has 0 aromatic carbocycles. The second-order valence-electron chi connectivity index (χ2n) is 5.52. The highest BCUT2D eigenvalue weighted by atomic mass is 15.2. The molecule has 3 nitrogen and oxygen atoms in total. The van der Waals surface area contributed by atoms with Crippen LogP contribution in [0.15, 0.2) is 18.5 Å². The zero-order valence-electron chi connectivity index (χ0n) is 11.8. The minimum atomic E-state index is 0.659. The Morgan fingerprint density at radius 2 is 2.33 bits per heavy atom. The number of pyridine rings is 1. The molecule has 1 aromatic heterocycles. The normalized spacial score (nSPS) is 25.6. The maximum absolute atomic E-state index is 4.28. The maximum atomic E-state index is 4.28. The van der Waals surface area contributed by atoms with Crippen LogP contribution in [0.1, 0.15) is 32.3 Å². The van der Waals surface area contributed by atoms with Crippen molar-refractivity contribution in [2.45, 2.75) is 39.7 Å². The molecule has 0 saturated carbocycles. The van der Waals surface area contributed by atoms with Crippen molar-refractivity contribution in [3.63, 3.8) is 0 Å². The van der Waals surface area contributed by atoms with E-state index >= 15 is 0 Å². The molecule has 0 aliphatic carbocycles. The topological polar surface area (TPSA) is 28.2 Å². The summed E-state index contributed by atoms with van der Waals surface area (Å²) in [6.45, 7) is 10.1. The molecule has 0 bridgehead atoms. The molecule has 1 aliphatic heterocycles. The van der Waals surface area contributed by atoms with Crippen molar-refractivity contribution in [2.75, 3.05) is 24.5 Å². The summed E-state index contributed by atoms with van der Waals surface area (Å²) in [7, 11) is 0. The lowest BCUT2D eigenvalue weighted by Crippen LogP contribution is -2.43. The fourth-order valence-corrected chi connectivity index (χ4v) is 2.67. The lowest BCUT2D eigenvalue weighted by Gasteiger charge is -2.34. The first-order valence-corrected chi connectivity index (χ1v) is 7.09. The van der Waals surface area contributed by atoms with E-state index in [1.807, 2.05) is 12.4 Å². The summed E-state index contributed by atoms with van der Waals surface area (Å²) >= 11 is 0. The number of aryl methyl sites for hydroxylation is 1. The molecule has 0 amide bonds. The summed E-state index contributed by atoms with van der Waals surface area (Å²) in [5.41, 5.74) is 2.64. The lowest BCUT2D eigenvalue weighted by atomic mass is 10.0. The minimum absolute atomic E-state index is 0.659. The van der Waals surface area contributed by atoms with Gasteiger partial charge in [0, 0.05) is 25.3 Å². The molecule has 1 fully saturated rings. The third-order valence-electron chi connectivity index (χ3n) is 3.88. The molecule has 2 unspecified atom stereocenters. The van der Waals surface area contributed by atoms with Crippen LogP contribution in [-0.4, -0.2) is 30.7 Å². The van der Waals surface area contributed by atoms with Gasteiger partial charge in [-0.1, -0.05) is 13.8 Å². The van der Waals surface area contributed by atoms with Gasteiger partial charge in [0.2, 0.25) is 0 Å². The molecule has 0 radical (unpaired) electrons. The molecular weight excluding hydrogens is 222 g/mol. The van der Waals surface area contributed by atoms with Crippen molar-refractivity contribution in [2.24, 2.45) is 5.92 Å². The molecule has 100 valence electrons. The van der Waals surface area contributed by atoms with Crippen LogP contribution in [0.2, 0.25) is 0 Å². The third kappa shape index (κ3) is 3.22. The summed E-state index contributed by atoms with van der Waals surface area (Å²) < 4.78 is 0. The van der Waals surface area contributed by atoms with E-state index in [1.54, 1.807) is 0 Å². The Labute approximate surface area is 111 Å². The second-order valence-corrected chi connectivity index (χ2v) is 5.52. The van der Waals surface area contributed by atoms with E-state index < -0.39 is 0 Å². The monoisotopic (exact) mass is 247 g/mol. The summed E-state index contributed by atoms with van der Waals surface area (Å²) in [5, 5.41) is 3.67. The van der Waals surface area contributed by atoms with Crippen molar-refractivity contribution in [3.8, 4) is 0 Å². The number of nitrogens with zero attached hydrogens (tertiary/aromatic N) is 2. The van der Waals surface area contributed by atoms with Crippen molar-refractivity contribution in [3.05, 3.63) is 24.0 Å². The first kappa shape index (κ1) is 13.3. The van der Waals surface area contributed by atoms with Gasteiger partial charge in [-0.15, -0.1) is 0 Å². The third-order valence-corrected chi connectivity index (χ3v) is 3.88. The molecule has 0 spiro atoms. The molecule has 2 atom stereocenters. The van der Waals surface area contributed by atoms with E-state index in [-0.39, 0.29) is 0 Å². The van der Waals surface area contributed by atoms with Gasteiger partial charge in [-0.25, -0.2) is 0 Å². The highest BCUT2D eigenvalue weighted by Gasteiger charge is 2.19. The number of hydrogen-bond donors (Lipinski definition) is 1. The standard InChI is InChI=1S/C15H25N3/c1-4-14-6-8-18(11-12(2)9-17-14)15-10-16-7-5-13(15)3/h5,7,10,12,14,17H,4,6,8-9,11H2,1-3H3. The zero-order valence-corrected chi connectivity index (χ0v) is 11.8. The fraction of sp³-hybridized carbons (Fsp3) is 0.667. The largest absolute Gasteiger partial charge is 0.370 e. The summed E-state index contributed by atoms with van der Waals surface area (Å²) in [6, 6.07) is 2.76. The maximum Gasteiger partial charge on any atom is 0.0582 e. The van der Waals surface area contributed by atoms with Gasteiger partial charge in [0.15, 0.2) is 0 Å². The van der Waals surface area contributed by atoms with Gasteiger partial charge in [-0.2, -0.15) is 0 Å².